The number of carbonyl (C=O) groups is 2. The average molecular weight is 352 g/mol. The Morgan fingerprint density at radius 3 is 2.68 bits per heavy atom. The number of ether oxygens (including phenoxy) is 2. The van der Waals surface area contributed by atoms with E-state index in [9.17, 15) is 9.59 Å². The summed E-state index contributed by atoms with van der Waals surface area (Å²) in [4.78, 5) is 25.5. The monoisotopic (exact) mass is 352 g/mol. The Hall–Kier alpha value is -1.56. The van der Waals surface area contributed by atoms with E-state index in [1.165, 1.54) is 12.7 Å². The molecule has 0 radical (unpaired) electrons. The van der Waals surface area contributed by atoms with Crippen LogP contribution >= 0.6 is 0 Å². The Balaban J connectivity index is 1.75. The van der Waals surface area contributed by atoms with Crippen molar-refractivity contribution in [1.29, 1.82) is 0 Å². The maximum atomic E-state index is 12.1. The van der Waals surface area contributed by atoms with Crippen molar-refractivity contribution in [3.63, 3.8) is 0 Å². The van der Waals surface area contributed by atoms with Crippen LogP contribution in [0.5, 0.6) is 0 Å². The van der Waals surface area contributed by atoms with E-state index in [-0.39, 0.29) is 18.0 Å². The second-order valence-electron chi connectivity index (χ2n) is 8.00. The summed E-state index contributed by atoms with van der Waals surface area (Å²) in [6.07, 6.45) is 6.67. The van der Waals surface area contributed by atoms with Gasteiger partial charge in [-0.1, -0.05) is 18.1 Å². The van der Waals surface area contributed by atoms with Gasteiger partial charge in [-0.15, -0.1) is 0 Å². The molecular formula is C19H32N2O4. The first-order valence-electron chi connectivity index (χ1n) is 9.25. The highest BCUT2D eigenvalue weighted by molar-refractivity contribution is 5.72. The molecular weight excluding hydrogens is 320 g/mol. The van der Waals surface area contributed by atoms with Crippen LogP contribution in [0, 0.1) is 5.92 Å². The van der Waals surface area contributed by atoms with E-state index in [2.05, 4.69) is 11.4 Å². The quantitative estimate of drug-likeness (QED) is 0.622. The van der Waals surface area contributed by atoms with E-state index in [1.807, 2.05) is 20.8 Å². The van der Waals surface area contributed by atoms with Crippen LogP contribution in [0.25, 0.3) is 0 Å². The van der Waals surface area contributed by atoms with Gasteiger partial charge in [-0.2, -0.15) is 0 Å². The second kappa shape index (κ2) is 8.70. The van der Waals surface area contributed by atoms with Gasteiger partial charge < -0.3 is 19.7 Å². The number of nitrogens with one attached hydrogen (secondary N) is 1. The SMILES string of the molecule is COC(=O)C1CCCC(NCC2=CCN(C(=O)OC(C)(C)C)CC2)C1. The van der Waals surface area contributed by atoms with E-state index in [4.69, 9.17) is 9.47 Å². The largest absolute Gasteiger partial charge is 0.469 e. The molecule has 1 amide bonds. The molecule has 2 unspecified atom stereocenters. The van der Waals surface area contributed by atoms with Crippen LogP contribution in [0.1, 0.15) is 52.9 Å². The topological polar surface area (TPSA) is 67.9 Å². The number of hydrogen-bond acceptors (Lipinski definition) is 5. The van der Waals surface area contributed by atoms with Crippen LogP contribution in [-0.4, -0.2) is 55.3 Å². The van der Waals surface area contributed by atoms with Crippen LogP contribution in [0.3, 0.4) is 0 Å². The number of carbonyl (C=O) groups excluding carboxylic acids is 2. The van der Waals surface area contributed by atoms with Gasteiger partial charge in [-0.3, -0.25) is 4.79 Å². The minimum Gasteiger partial charge on any atom is -0.469 e. The zero-order valence-corrected chi connectivity index (χ0v) is 16.0. The zero-order chi connectivity index (χ0) is 18.4. The predicted octanol–water partition coefficient (Wildman–Crippen LogP) is 2.88. The fraction of sp³-hybridized carbons (Fsp3) is 0.789. The molecule has 1 aliphatic heterocycles. The third kappa shape index (κ3) is 6.34. The molecule has 1 N–H and O–H groups in total. The molecule has 25 heavy (non-hydrogen) atoms. The molecule has 0 spiro atoms. The minimum absolute atomic E-state index is 0.0271. The molecule has 2 aliphatic rings. The summed E-state index contributed by atoms with van der Waals surface area (Å²) in [5.74, 6) is -0.0596. The second-order valence-corrected chi connectivity index (χ2v) is 8.00. The number of methoxy groups -OCH3 is 1. The summed E-state index contributed by atoms with van der Waals surface area (Å²) in [5.41, 5.74) is 0.861. The van der Waals surface area contributed by atoms with Crippen molar-refractivity contribution in [3.05, 3.63) is 11.6 Å². The lowest BCUT2D eigenvalue weighted by atomic mass is 9.85. The molecule has 0 saturated heterocycles. The van der Waals surface area contributed by atoms with E-state index in [1.54, 1.807) is 4.90 Å². The van der Waals surface area contributed by atoms with Gasteiger partial charge in [-0.25, -0.2) is 4.79 Å². The fourth-order valence-corrected chi connectivity index (χ4v) is 3.40. The minimum atomic E-state index is -0.459. The lowest BCUT2D eigenvalue weighted by Crippen LogP contribution is -2.41. The smallest absolute Gasteiger partial charge is 0.410 e. The third-order valence-electron chi connectivity index (χ3n) is 4.78. The van der Waals surface area contributed by atoms with Crippen molar-refractivity contribution in [2.45, 2.75) is 64.5 Å². The summed E-state index contributed by atoms with van der Waals surface area (Å²) in [7, 11) is 1.46. The maximum Gasteiger partial charge on any atom is 0.410 e. The van der Waals surface area contributed by atoms with Crippen LogP contribution in [0.4, 0.5) is 4.79 Å². The molecule has 2 atom stereocenters. The van der Waals surface area contributed by atoms with Crippen molar-refractivity contribution in [1.82, 2.24) is 10.2 Å². The highest BCUT2D eigenvalue weighted by atomic mass is 16.6. The van der Waals surface area contributed by atoms with Gasteiger partial charge in [0.1, 0.15) is 5.60 Å². The van der Waals surface area contributed by atoms with Crippen LogP contribution in [-0.2, 0) is 14.3 Å². The first-order chi connectivity index (χ1) is 11.8. The highest BCUT2D eigenvalue weighted by Crippen LogP contribution is 2.25. The molecule has 1 fully saturated rings. The molecule has 6 heteroatoms. The van der Waals surface area contributed by atoms with Gasteiger partial charge in [0.25, 0.3) is 0 Å². The highest BCUT2D eigenvalue weighted by Gasteiger charge is 2.28. The van der Waals surface area contributed by atoms with E-state index in [0.29, 0.717) is 19.1 Å². The van der Waals surface area contributed by atoms with Crippen LogP contribution < -0.4 is 5.32 Å². The summed E-state index contributed by atoms with van der Waals surface area (Å²) in [6, 6.07) is 0.364. The Bertz CT molecular complexity index is 510. The average Bonchev–Trinajstić information content (AvgIpc) is 2.58. The summed E-state index contributed by atoms with van der Waals surface area (Å²) >= 11 is 0. The number of nitrogens with zero attached hydrogens (tertiary/aromatic N) is 1. The molecule has 1 aliphatic carbocycles. The lowest BCUT2D eigenvalue weighted by Gasteiger charge is -2.31. The Morgan fingerprint density at radius 1 is 1.32 bits per heavy atom. The molecule has 0 aromatic carbocycles. The third-order valence-corrected chi connectivity index (χ3v) is 4.78. The lowest BCUT2D eigenvalue weighted by molar-refractivity contribution is -0.146. The standard InChI is InChI=1S/C19H32N2O4/c1-19(2,3)25-18(23)21-10-8-14(9-11-21)13-20-16-7-5-6-15(12-16)17(22)24-4/h8,15-16,20H,5-7,9-13H2,1-4H3. The first-order valence-corrected chi connectivity index (χ1v) is 9.25. The molecule has 142 valence electrons. The van der Waals surface area contributed by atoms with E-state index in [0.717, 1.165) is 38.6 Å². The Labute approximate surface area is 150 Å². The van der Waals surface area contributed by atoms with Crippen molar-refractivity contribution >= 4 is 12.1 Å². The van der Waals surface area contributed by atoms with Crippen molar-refractivity contribution in [3.8, 4) is 0 Å². The van der Waals surface area contributed by atoms with Gasteiger partial charge in [0.05, 0.1) is 13.0 Å². The van der Waals surface area contributed by atoms with Gasteiger partial charge in [-0.05, 0) is 46.5 Å². The first kappa shape index (κ1) is 19.8. The number of hydrogen-bond donors (Lipinski definition) is 1. The van der Waals surface area contributed by atoms with Crippen molar-refractivity contribution in [2.24, 2.45) is 5.92 Å². The zero-order valence-electron chi connectivity index (χ0n) is 16.0. The summed E-state index contributed by atoms with van der Waals surface area (Å²) < 4.78 is 10.3. The molecule has 0 aromatic rings. The van der Waals surface area contributed by atoms with Crippen molar-refractivity contribution < 1.29 is 19.1 Å². The summed E-state index contributed by atoms with van der Waals surface area (Å²) in [6.45, 7) is 7.75. The number of rotatable bonds is 4. The van der Waals surface area contributed by atoms with Crippen molar-refractivity contribution in [2.75, 3.05) is 26.7 Å². The normalized spacial score (nSPS) is 24.5. The Kier molecular flexibility index (Phi) is 6.87. The van der Waals surface area contributed by atoms with Crippen LogP contribution in [0.2, 0.25) is 0 Å². The molecule has 6 nitrogen and oxygen atoms in total. The fourth-order valence-electron chi connectivity index (χ4n) is 3.40. The van der Waals surface area contributed by atoms with E-state index < -0.39 is 5.60 Å². The molecule has 1 heterocycles. The van der Waals surface area contributed by atoms with E-state index >= 15 is 0 Å². The van der Waals surface area contributed by atoms with Gasteiger partial charge in [0.2, 0.25) is 0 Å². The molecule has 2 rings (SSSR count). The molecule has 0 bridgehead atoms. The molecule has 1 saturated carbocycles. The maximum absolute atomic E-state index is 12.1. The Morgan fingerprint density at radius 2 is 2.08 bits per heavy atom. The predicted molar refractivity (Wildman–Crippen MR) is 96.3 cm³/mol. The van der Waals surface area contributed by atoms with Gasteiger partial charge >= 0.3 is 12.1 Å². The number of esters is 1. The van der Waals surface area contributed by atoms with Gasteiger partial charge in [0.15, 0.2) is 0 Å². The van der Waals surface area contributed by atoms with Gasteiger partial charge in [0, 0.05) is 25.7 Å². The molecule has 0 aromatic heterocycles. The summed E-state index contributed by atoms with van der Waals surface area (Å²) in [5, 5.41) is 3.57. The number of amides is 1. The van der Waals surface area contributed by atoms with Crippen LogP contribution in [0.15, 0.2) is 11.6 Å².